The zero-order chi connectivity index (χ0) is 27.6. The van der Waals surface area contributed by atoms with E-state index >= 15 is 0 Å². The number of aliphatic carboxylic acids is 1. The fourth-order valence-corrected chi connectivity index (χ4v) is 5.07. The highest BCUT2D eigenvalue weighted by atomic mass is 32.2. The van der Waals surface area contributed by atoms with Gasteiger partial charge in [0.25, 0.3) is 5.91 Å². The third-order valence-corrected chi connectivity index (χ3v) is 7.92. The van der Waals surface area contributed by atoms with E-state index in [1.165, 1.54) is 4.31 Å². The first-order valence-corrected chi connectivity index (χ1v) is 13.9. The lowest BCUT2D eigenvalue weighted by molar-refractivity contribution is -0.147. The number of pyridine rings is 1. The summed E-state index contributed by atoms with van der Waals surface area (Å²) >= 11 is -2.23. The molecule has 1 saturated carbocycles. The lowest BCUT2D eigenvalue weighted by atomic mass is 9.87. The summed E-state index contributed by atoms with van der Waals surface area (Å²) in [5, 5.41) is 12.7. The zero-order valence-electron chi connectivity index (χ0n) is 22.2. The molecule has 0 saturated heterocycles. The Bertz CT molecular complexity index is 1360. The number of nitrogens with one attached hydrogen (secondary N) is 1. The molecule has 2 aromatic heterocycles. The Morgan fingerprint density at radius 2 is 1.89 bits per heavy atom. The number of amides is 1. The van der Waals surface area contributed by atoms with Crippen LogP contribution in [0.1, 0.15) is 79.0 Å². The molecule has 4 rings (SSSR count). The monoisotopic (exact) mass is 541 g/mol. The normalized spacial score (nSPS) is 14.7. The van der Waals surface area contributed by atoms with Crippen molar-refractivity contribution in [1.82, 2.24) is 14.6 Å². The molecule has 204 valence electrons. The molecule has 0 aliphatic heterocycles. The standard InChI is InChI=1S/C28H35N3O6S/c1-17-7-9-19(10-8-17)24-23(25(32)29-4)21-15-20(18-11-12-18)22(30-26(21)37-24)16-31(38(35)36)14-6-5-13-28(2,3)27(33)34/h7-10,15,18H,5-6,11-14,16H2,1-4H3,(H,29,32)(H,33,34)(H,35,36). The van der Waals surface area contributed by atoms with Gasteiger partial charge >= 0.3 is 5.97 Å². The van der Waals surface area contributed by atoms with Crippen LogP contribution in [0, 0.1) is 12.3 Å². The van der Waals surface area contributed by atoms with Crippen molar-refractivity contribution in [3.63, 3.8) is 0 Å². The molecule has 3 aromatic rings. The van der Waals surface area contributed by atoms with Crippen LogP contribution in [0.5, 0.6) is 0 Å². The Morgan fingerprint density at radius 1 is 1.21 bits per heavy atom. The maximum atomic E-state index is 12.9. The molecule has 9 nitrogen and oxygen atoms in total. The van der Waals surface area contributed by atoms with Gasteiger partial charge in [0.2, 0.25) is 17.0 Å². The number of carboxylic acids is 1. The molecular formula is C28H35N3O6S. The molecule has 1 atom stereocenters. The zero-order valence-corrected chi connectivity index (χ0v) is 23.1. The molecule has 38 heavy (non-hydrogen) atoms. The molecule has 2 heterocycles. The molecule has 0 radical (unpaired) electrons. The van der Waals surface area contributed by atoms with Crippen LogP contribution in [0.2, 0.25) is 0 Å². The minimum Gasteiger partial charge on any atom is -0.481 e. The second kappa shape index (κ2) is 11.3. The molecule has 1 unspecified atom stereocenters. The van der Waals surface area contributed by atoms with Crippen LogP contribution >= 0.6 is 0 Å². The first-order valence-electron chi connectivity index (χ1n) is 12.9. The van der Waals surface area contributed by atoms with Crippen molar-refractivity contribution in [2.75, 3.05) is 13.6 Å². The smallest absolute Gasteiger partial charge is 0.309 e. The first kappa shape index (κ1) is 27.9. The number of unbranched alkanes of at least 4 members (excludes halogenated alkanes) is 1. The first-order chi connectivity index (χ1) is 18.0. The SMILES string of the molecule is CNC(=O)c1c(-c2ccc(C)cc2)oc2nc(CN(CCCCC(C)(C)C(=O)O)S(=O)O)c(C3CC3)cc12. The summed E-state index contributed by atoms with van der Waals surface area (Å²) in [6.07, 6.45) is 3.64. The highest BCUT2D eigenvalue weighted by Crippen LogP contribution is 2.44. The minimum atomic E-state index is -2.23. The van der Waals surface area contributed by atoms with Crippen molar-refractivity contribution in [1.29, 1.82) is 0 Å². The number of furan rings is 1. The number of benzene rings is 1. The van der Waals surface area contributed by atoms with E-state index in [0.717, 1.165) is 29.5 Å². The number of aromatic nitrogens is 1. The molecular weight excluding hydrogens is 506 g/mol. The topological polar surface area (TPSA) is 133 Å². The number of fused-ring (bicyclic) bond motifs is 1. The summed E-state index contributed by atoms with van der Waals surface area (Å²) < 4.78 is 29.8. The molecule has 1 amide bonds. The van der Waals surface area contributed by atoms with E-state index < -0.39 is 22.7 Å². The van der Waals surface area contributed by atoms with E-state index in [1.54, 1.807) is 20.9 Å². The molecule has 1 aliphatic rings. The Labute approximate surface area is 225 Å². The summed E-state index contributed by atoms with van der Waals surface area (Å²) in [7, 11) is 1.58. The third kappa shape index (κ3) is 6.14. The quantitative estimate of drug-likeness (QED) is 0.210. The molecule has 1 aliphatic carbocycles. The van der Waals surface area contributed by atoms with Crippen molar-refractivity contribution in [3.8, 4) is 11.3 Å². The molecule has 3 N–H and O–H groups in total. The summed E-state index contributed by atoms with van der Waals surface area (Å²) in [4.78, 5) is 29.1. The van der Waals surface area contributed by atoms with Crippen LogP contribution in [0.4, 0.5) is 0 Å². The highest BCUT2D eigenvalue weighted by molar-refractivity contribution is 7.76. The maximum absolute atomic E-state index is 12.9. The number of hydrogen-bond acceptors (Lipinski definition) is 5. The van der Waals surface area contributed by atoms with Gasteiger partial charge in [-0.15, -0.1) is 0 Å². The van der Waals surface area contributed by atoms with Crippen LogP contribution in [-0.2, 0) is 22.6 Å². The van der Waals surface area contributed by atoms with Gasteiger partial charge in [-0.2, -0.15) is 4.31 Å². The van der Waals surface area contributed by atoms with E-state index in [4.69, 9.17) is 9.40 Å². The van der Waals surface area contributed by atoms with Gasteiger partial charge in [0.1, 0.15) is 5.76 Å². The van der Waals surface area contributed by atoms with Gasteiger partial charge in [-0.3, -0.25) is 14.1 Å². The van der Waals surface area contributed by atoms with Gasteiger partial charge in [0.05, 0.1) is 28.6 Å². The van der Waals surface area contributed by atoms with Crippen LogP contribution in [0.25, 0.3) is 22.4 Å². The lowest BCUT2D eigenvalue weighted by Gasteiger charge is -2.21. The van der Waals surface area contributed by atoms with Crippen LogP contribution < -0.4 is 5.32 Å². The van der Waals surface area contributed by atoms with E-state index in [0.29, 0.717) is 53.9 Å². The van der Waals surface area contributed by atoms with Gasteiger partial charge in [-0.25, -0.2) is 9.19 Å². The summed E-state index contributed by atoms with van der Waals surface area (Å²) in [5.41, 5.74) is 3.37. The second-order valence-corrected chi connectivity index (χ2v) is 11.6. The average Bonchev–Trinajstić information content (AvgIpc) is 3.65. The van der Waals surface area contributed by atoms with Crippen molar-refractivity contribution >= 4 is 34.2 Å². The number of rotatable bonds is 12. The summed E-state index contributed by atoms with van der Waals surface area (Å²) in [6, 6.07) is 9.68. The lowest BCUT2D eigenvalue weighted by Crippen LogP contribution is -2.28. The van der Waals surface area contributed by atoms with Crippen molar-refractivity contribution in [3.05, 3.63) is 52.7 Å². The van der Waals surface area contributed by atoms with Gasteiger partial charge in [0, 0.05) is 19.2 Å². The summed E-state index contributed by atoms with van der Waals surface area (Å²) in [6.45, 7) is 5.81. The highest BCUT2D eigenvalue weighted by Gasteiger charge is 2.32. The van der Waals surface area contributed by atoms with E-state index in [1.807, 2.05) is 37.3 Å². The molecule has 0 bridgehead atoms. The molecule has 1 aromatic carbocycles. The fourth-order valence-electron chi connectivity index (χ4n) is 4.55. The Balaban J connectivity index is 1.66. The second-order valence-electron chi connectivity index (χ2n) is 10.6. The van der Waals surface area contributed by atoms with E-state index in [-0.39, 0.29) is 18.4 Å². The number of hydrogen-bond donors (Lipinski definition) is 3. The van der Waals surface area contributed by atoms with Crippen LogP contribution in [0.3, 0.4) is 0 Å². The number of carbonyl (C=O) groups excluding carboxylic acids is 1. The Morgan fingerprint density at radius 3 is 2.47 bits per heavy atom. The molecule has 10 heteroatoms. The number of aryl methyl sites for hydroxylation is 1. The number of nitrogens with zero attached hydrogens (tertiary/aromatic N) is 2. The maximum Gasteiger partial charge on any atom is 0.309 e. The Kier molecular flexibility index (Phi) is 8.34. The van der Waals surface area contributed by atoms with Gasteiger partial charge in [-0.05, 0) is 64.0 Å². The number of carbonyl (C=O) groups is 2. The largest absolute Gasteiger partial charge is 0.481 e. The average molecular weight is 542 g/mol. The van der Waals surface area contributed by atoms with Crippen LogP contribution in [0.15, 0.2) is 34.7 Å². The fraction of sp³-hybridized carbons (Fsp3) is 0.464. The van der Waals surface area contributed by atoms with Crippen molar-refractivity contribution < 1.29 is 27.9 Å². The minimum absolute atomic E-state index is 0.142. The predicted molar refractivity (Wildman–Crippen MR) is 146 cm³/mol. The molecule has 0 spiro atoms. The molecule has 1 fully saturated rings. The predicted octanol–water partition coefficient (Wildman–Crippen LogP) is 5.26. The van der Waals surface area contributed by atoms with E-state index in [2.05, 4.69) is 5.32 Å². The van der Waals surface area contributed by atoms with Gasteiger partial charge < -0.3 is 14.8 Å². The third-order valence-electron chi connectivity index (χ3n) is 7.17. The van der Waals surface area contributed by atoms with Gasteiger partial charge in [0.15, 0.2) is 0 Å². The van der Waals surface area contributed by atoms with E-state index in [9.17, 15) is 23.5 Å². The van der Waals surface area contributed by atoms with Crippen molar-refractivity contribution in [2.45, 2.75) is 65.3 Å². The van der Waals surface area contributed by atoms with Crippen LogP contribution in [-0.4, -0.2) is 48.6 Å². The summed E-state index contributed by atoms with van der Waals surface area (Å²) in [5.74, 6) is -0.402. The Hall–Kier alpha value is -3.08. The van der Waals surface area contributed by atoms with Crippen molar-refractivity contribution in [2.24, 2.45) is 5.41 Å². The number of carboxylic acid groups (broad SMARTS) is 1. The van der Waals surface area contributed by atoms with Gasteiger partial charge in [-0.1, -0.05) is 36.2 Å².